The van der Waals surface area contributed by atoms with Crippen molar-refractivity contribution < 1.29 is 19.3 Å². The van der Waals surface area contributed by atoms with Crippen LogP contribution >= 0.6 is 0 Å². The molecule has 4 rings (SSSR count). The number of hydrogen-bond acceptors (Lipinski definition) is 6. The van der Waals surface area contributed by atoms with Crippen LogP contribution in [0.3, 0.4) is 0 Å². The second-order valence-corrected chi connectivity index (χ2v) is 8.71. The maximum absolute atomic E-state index is 10.9. The fraction of sp³-hybridized carbons (Fsp3) is 0.423. The predicted molar refractivity (Wildman–Crippen MR) is 127 cm³/mol. The average Bonchev–Trinajstić information content (AvgIpc) is 3.35. The number of hydrogen-bond donors (Lipinski definition) is 1. The first kappa shape index (κ1) is 23.1. The predicted octanol–water partition coefficient (Wildman–Crippen LogP) is 3.69. The zero-order chi connectivity index (χ0) is 23.1. The van der Waals surface area contributed by atoms with Gasteiger partial charge in [-0.2, -0.15) is 5.10 Å². The van der Waals surface area contributed by atoms with E-state index < -0.39 is 5.60 Å². The molecule has 2 aromatic carbocycles. The first-order valence-electron chi connectivity index (χ1n) is 11.4. The molecule has 0 atom stereocenters. The Bertz CT molecular complexity index is 997. The maximum Gasteiger partial charge on any atom is 0.161 e. The highest BCUT2D eigenvalue weighted by Crippen LogP contribution is 2.30. The summed E-state index contributed by atoms with van der Waals surface area (Å²) in [5.41, 5.74) is 1.57. The van der Waals surface area contributed by atoms with Gasteiger partial charge in [0.05, 0.1) is 13.7 Å². The van der Waals surface area contributed by atoms with Crippen LogP contribution in [0.5, 0.6) is 17.2 Å². The number of aliphatic hydroxyl groups is 1. The molecule has 0 aliphatic carbocycles. The van der Waals surface area contributed by atoms with E-state index in [1.165, 1.54) is 5.56 Å². The van der Waals surface area contributed by atoms with Crippen LogP contribution in [0.15, 0.2) is 60.9 Å². The van der Waals surface area contributed by atoms with Gasteiger partial charge in [0, 0.05) is 32.0 Å². The Morgan fingerprint density at radius 1 is 1.03 bits per heavy atom. The Balaban J connectivity index is 1.25. The third-order valence-corrected chi connectivity index (χ3v) is 6.09. The van der Waals surface area contributed by atoms with Gasteiger partial charge in [0.15, 0.2) is 11.5 Å². The van der Waals surface area contributed by atoms with E-state index in [1.54, 1.807) is 13.3 Å². The first-order valence-corrected chi connectivity index (χ1v) is 11.4. The van der Waals surface area contributed by atoms with Crippen LogP contribution in [0.2, 0.25) is 0 Å². The molecule has 0 spiro atoms. The van der Waals surface area contributed by atoms with Gasteiger partial charge in [0.25, 0.3) is 0 Å². The zero-order valence-electron chi connectivity index (χ0n) is 19.4. The highest BCUT2D eigenvalue weighted by atomic mass is 16.5. The Hall–Kier alpha value is -3.03. The average molecular weight is 452 g/mol. The molecule has 0 radical (unpaired) electrons. The van der Waals surface area contributed by atoms with Crippen LogP contribution in [0.25, 0.3) is 0 Å². The van der Waals surface area contributed by atoms with Crippen molar-refractivity contribution in [1.29, 1.82) is 0 Å². The van der Waals surface area contributed by atoms with Crippen LogP contribution in [0, 0.1) is 6.92 Å². The van der Waals surface area contributed by atoms with Gasteiger partial charge in [0.2, 0.25) is 0 Å². The monoisotopic (exact) mass is 451 g/mol. The lowest BCUT2D eigenvalue weighted by Crippen LogP contribution is -2.47. The molecule has 7 heteroatoms. The fourth-order valence-corrected chi connectivity index (χ4v) is 3.99. The van der Waals surface area contributed by atoms with Gasteiger partial charge in [0.1, 0.15) is 24.6 Å². The second kappa shape index (κ2) is 10.7. The molecule has 7 nitrogen and oxygen atoms in total. The summed E-state index contributed by atoms with van der Waals surface area (Å²) in [7, 11) is 1.66. The van der Waals surface area contributed by atoms with Crippen molar-refractivity contribution >= 4 is 0 Å². The highest BCUT2D eigenvalue weighted by Gasteiger charge is 2.33. The third kappa shape index (κ3) is 6.49. The van der Waals surface area contributed by atoms with E-state index in [0.717, 1.165) is 42.4 Å². The van der Waals surface area contributed by atoms with Crippen molar-refractivity contribution in [3.05, 3.63) is 72.1 Å². The fourth-order valence-electron chi connectivity index (χ4n) is 3.99. The van der Waals surface area contributed by atoms with E-state index >= 15 is 0 Å². The number of nitrogens with zero attached hydrogens (tertiary/aromatic N) is 3. The van der Waals surface area contributed by atoms with Crippen LogP contribution < -0.4 is 14.2 Å². The summed E-state index contributed by atoms with van der Waals surface area (Å²) < 4.78 is 19.1. The zero-order valence-corrected chi connectivity index (χ0v) is 19.4. The number of aryl methyl sites for hydroxylation is 1. The standard InChI is InChI=1S/C26H33N3O4/c1-21-4-7-23(8-5-21)33-20-26(30)10-14-28(15-11-26)19-22-6-9-24(25(18-22)31-2)32-17-16-29-13-3-12-27-29/h3-9,12-13,18,30H,10-11,14-17,19-20H2,1-2H3. The van der Waals surface area contributed by atoms with Crippen molar-refractivity contribution in [3.8, 4) is 17.2 Å². The van der Waals surface area contributed by atoms with Crippen molar-refractivity contribution in [2.75, 3.05) is 33.4 Å². The largest absolute Gasteiger partial charge is 0.493 e. The summed E-state index contributed by atoms with van der Waals surface area (Å²) in [5, 5.41) is 15.1. The van der Waals surface area contributed by atoms with E-state index in [-0.39, 0.29) is 0 Å². The van der Waals surface area contributed by atoms with Crippen LogP contribution in [0.1, 0.15) is 24.0 Å². The Labute approximate surface area is 195 Å². The van der Waals surface area contributed by atoms with Crippen LogP contribution in [-0.2, 0) is 13.1 Å². The Kier molecular flexibility index (Phi) is 7.52. The Morgan fingerprint density at radius 3 is 2.52 bits per heavy atom. The van der Waals surface area contributed by atoms with E-state index in [2.05, 4.69) is 16.1 Å². The topological polar surface area (TPSA) is 69.0 Å². The number of likely N-dealkylation sites (tertiary alicyclic amines) is 1. The van der Waals surface area contributed by atoms with Crippen molar-refractivity contribution in [3.63, 3.8) is 0 Å². The SMILES string of the molecule is COc1cc(CN2CCC(O)(COc3ccc(C)cc3)CC2)ccc1OCCn1cccn1. The molecule has 33 heavy (non-hydrogen) atoms. The van der Waals surface area contributed by atoms with Crippen LogP contribution in [-0.4, -0.2) is 58.8 Å². The quantitative estimate of drug-likeness (QED) is 0.507. The number of benzene rings is 2. The molecule has 176 valence electrons. The molecule has 1 aliphatic rings. The molecule has 1 saturated heterocycles. The molecule has 0 unspecified atom stereocenters. The van der Waals surface area contributed by atoms with E-state index in [4.69, 9.17) is 14.2 Å². The molecule has 2 heterocycles. The normalized spacial score (nSPS) is 15.8. The smallest absolute Gasteiger partial charge is 0.161 e. The number of rotatable bonds is 10. The maximum atomic E-state index is 10.9. The van der Waals surface area contributed by atoms with E-state index in [1.807, 2.05) is 60.3 Å². The molecular weight excluding hydrogens is 418 g/mol. The summed E-state index contributed by atoms with van der Waals surface area (Å²) in [4.78, 5) is 2.35. The summed E-state index contributed by atoms with van der Waals surface area (Å²) in [5.74, 6) is 2.26. The number of methoxy groups -OCH3 is 1. The number of aromatic nitrogens is 2. The first-order chi connectivity index (χ1) is 16.0. The van der Waals surface area contributed by atoms with Crippen molar-refractivity contribution in [2.45, 2.75) is 38.5 Å². The molecule has 3 aromatic rings. The van der Waals surface area contributed by atoms with Crippen LogP contribution in [0.4, 0.5) is 0 Å². The van der Waals surface area contributed by atoms with Gasteiger partial charge in [-0.15, -0.1) is 0 Å². The van der Waals surface area contributed by atoms with E-state index in [9.17, 15) is 5.11 Å². The minimum absolute atomic E-state index is 0.322. The molecule has 0 saturated carbocycles. The van der Waals surface area contributed by atoms with Gasteiger partial charge < -0.3 is 19.3 Å². The molecule has 1 fully saturated rings. The molecular formula is C26H33N3O4. The van der Waals surface area contributed by atoms with Gasteiger partial charge in [-0.25, -0.2) is 0 Å². The van der Waals surface area contributed by atoms with E-state index in [0.29, 0.717) is 32.6 Å². The van der Waals surface area contributed by atoms with Gasteiger partial charge in [-0.1, -0.05) is 23.8 Å². The summed E-state index contributed by atoms with van der Waals surface area (Å²) >= 11 is 0. The van der Waals surface area contributed by atoms with Crippen molar-refractivity contribution in [2.24, 2.45) is 0 Å². The molecule has 1 aliphatic heterocycles. The number of piperidine rings is 1. The van der Waals surface area contributed by atoms with Gasteiger partial charge in [-0.3, -0.25) is 9.58 Å². The molecule has 0 bridgehead atoms. The highest BCUT2D eigenvalue weighted by molar-refractivity contribution is 5.43. The summed E-state index contributed by atoms with van der Waals surface area (Å²) in [6.45, 7) is 6.01. The van der Waals surface area contributed by atoms with Gasteiger partial charge >= 0.3 is 0 Å². The van der Waals surface area contributed by atoms with Gasteiger partial charge in [-0.05, 0) is 55.7 Å². The minimum Gasteiger partial charge on any atom is -0.493 e. The second-order valence-electron chi connectivity index (χ2n) is 8.71. The van der Waals surface area contributed by atoms with Crippen molar-refractivity contribution in [1.82, 2.24) is 14.7 Å². The molecule has 0 amide bonds. The summed E-state index contributed by atoms with van der Waals surface area (Å²) in [6, 6.07) is 15.9. The lowest BCUT2D eigenvalue weighted by atomic mass is 9.92. The molecule has 1 aromatic heterocycles. The lowest BCUT2D eigenvalue weighted by molar-refractivity contribution is -0.0537. The number of ether oxygens (including phenoxy) is 3. The lowest BCUT2D eigenvalue weighted by Gasteiger charge is -2.38. The minimum atomic E-state index is -0.786. The third-order valence-electron chi connectivity index (χ3n) is 6.09. The molecule has 1 N–H and O–H groups in total. The summed E-state index contributed by atoms with van der Waals surface area (Å²) in [6.07, 6.45) is 5.04. The Morgan fingerprint density at radius 2 is 1.82 bits per heavy atom.